The Morgan fingerprint density at radius 3 is 1.80 bits per heavy atom. The fraction of sp³-hybridized carbons (Fsp3) is 0.667. The van der Waals surface area contributed by atoms with E-state index in [1.165, 1.54) is 12.0 Å². The molecule has 0 unspecified atom stereocenters. The van der Waals surface area contributed by atoms with Crippen molar-refractivity contribution >= 4 is 0 Å². The second-order valence-electron chi connectivity index (χ2n) is 5.58. The molecule has 1 aliphatic carbocycles. The Hall–Kier alpha value is -0.520. The van der Waals surface area contributed by atoms with Crippen molar-refractivity contribution in [2.24, 2.45) is 17.8 Å². The van der Waals surface area contributed by atoms with Gasteiger partial charge in [-0.15, -0.1) is 0 Å². The minimum absolute atomic E-state index is 0.646. The molecule has 0 aliphatic heterocycles. The Labute approximate surface area is 95.5 Å². The summed E-state index contributed by atoms with van der Waals surface area (Å²) in [6.45, 7) is 13.8. The van der Waals surface area contributed by atoms with E-state index in [-0.39, 0.29) is 0 Å². The van der Waals surface area contributed by atoms with Gasteiger partial charge in [-0.25, -0.2) is 0 Å². The van der Waals surface area contributed by atoms with Crippen molar-refractivity contribution in [2.45, 2.75) is 48.0 Å². The van der Waals surface area contributed by atoms with Gasteiger partial charge in [-0.3, -0.25) is 0 Å². The van der Waals surface area contributed by atoms with E-state index < -0.39 is 0 Å². The molecule has 0 heterocycles. The Bertz CT molecular complexity index is 264. The average molecular weight is 205 g/mol. The van der Waals surface area contributed by atoms with Crippen molar-refractivity contribution in [3.05, 3.63) is 29.2 Å². The summed E-state index contributed by atoms with van der Waals surface area (Å²) in [5, 5.41) is 0. The Balaban J connectivity index is 2.92. The van der Waals surface area contributed by atoms with Crippen LogP contribution < -0.4 is 0 Å². The van der Waals surface area contributed by atoms with E-state index in [1.807, 2.05) is 0 Å². The van der Waals surface area contributed by atoms with Gasteiger partial charge in [0.25, 0.3) is 0 Å². The summed E-state index contributed by atoms with van der Waals surface area (Å²) < 4.78 is 0. The maximum absolute atomic E-state index is 2.42. The second kappa shape index (κ2) is 5.01. The lowest BCUT2D eigenvalue weighted by molar-refractivity contribution is 0.611. The lowest BCUT2D eigenvalue weighted by Gasteiger charge is -2.27. The van der Waals surface area contributed by atoms with Gasteiger partial charge in [-0.1, -0.05) is 59.3 Å². The fourth-order valence-corrected chi connectivity index (χ4v) is 1.88. The summed E-state index contributed by atoms with van der Waals surface area (Å²) in [5.74, 6) is 3.61. The number of hydrogen-bond donors (Lipinski definition) is 0. The predicted molar refractivity (Wildman–Crippen MR) is 68.5 cm³/mol. The minimum atomic E-state index is 0.646. The van der Waals surface area contributed by atoms with Crippen LogP contribution >= 0.6 is 0 Å². The quantitative estimate of drug-likeness (QED) is 0.621. The highest BCUT2D eigenvalue weighted by Gasteiger charge is 2.21. The summed E-state index contributed by atoms with van der Waals surface area (Å²) in [7, 11) is 0. The van der Waals surface area contributed by atoms with E-state index in [4.69, 9.17) is 0 Å². The molecule has 1 rings (SSSR count). The average Bonchev–Trinajstić information content (AvgIpc) is 2.16. The molecular formula is C15H25. The van der Waals surface area contributed by atoms with Gasteiger partial charge in [-0.2, -0.15) is 0 Å². The van der Waals surface area contributed by atoms with Crippen LogP contribution in [-0.4, -0.2) is 0 Å². The molecule has 1 radical (unpaired) electrons. The van der Waals surface area contributed by atoms with E-state index in [0.717, 1.165) is 0 Å². The SMILES string of the molecule is CC(C)[C]1C=C(C(C)C)C=C(C(C)C)C1. The van der Waals surface area contributed by atoms with Gasteiger partial charge in [0.05, 0.1) is 0 Å². The molecular weight excluding hydrogens is 180 g/mol. The minimum Gasteiger partial charge on any atom is -0.0734 e. The normalized spacial score (nSPS) is 18.7. The summed E-state index contributed by atoms with van der Waals surface area (Å²) in [6, 6.07) is 0. The van der Waals surface area contributed by atoms with Crippen LogP contribution in [0.25, 0.3) is 0 Å². The molecule has 0 heteroatoms. The Kier molecular flexibility index (Phi) is 4.19. The van der Waals surface area contributed by atoms with Crippen LogP contribution in [-0.2, 0) is 0 Å². The van der Waals surface area contributed by atoms with Crippen molar-refractivity contribution in [2.75, 3.05) is 0 Å². The molecule has 0 aromatic heterocycles. The molecule has 0 saturated carbocycles. The van der Waals surface area contributed by atoms with Crippen molar-refractivity contribution in [3.63, 3.8) is 0 Å². The molecule has 0 fully saturated rings. The van der Waals surface area contributed by atoms with Crippen LogP contribution in [0.5, 0.6) is 0 Å². The molecule has 1 aliphatic rings. The topological polar surface area (TPSA) is 0 Å². The zero-order valence-electron chi connectivity index (χ0n) is 11.1. The standard InChI is InChI=1S/C15H25/c1-10(2)13-7-14(11(3)4)9-15(8-13)12(5)6/h7-8,10-12H,9H2,1-6H3. The van der Waals surface area contributed by atoms with Crippen LogP contribution in [0.3, 0.4) is 0 Å². The van der Waals surface area contributed by atoms with Gasteiger partial charge < -0.3 is 0 Å². The largest absolute Gasteiger partial charge is 0.0734 e. The molecule has 0 bridgehead atoms. The molecule has 0 aromatic carbocycles. The third-order valence-electron chi connectivity index (χ3n) is 3.26. The van der Waals surface area contributed by atoms with Crippen molar-refractivity contribution < 1.29 is 0 Å². The van der Waals surface area contributed by atoms with Gasteiger partial charge in [0.1, 0.15) is 0 Å². The fourth-order valence-electron chi connectivity index (χ4n) is 1.88. The molecule has 0 nitrogen and oxygen atoms in total. The van der Waals surface area contributed by atoms with Crippen molar-refractivity contribution in [1.82, 2.24) is 0 Å². The highest BCUT2D eigenvalue weighted by Crippen LogP contribution is 2.35. The van der Waals surface area contributed by atoms with E-state index in [2.05, 4.69) is 53.7 Å². The van der Waals surface area contributed by atoms with Gasteiger partial charge in [0.2, 0.25) is 0 Å². The second-order valence-corrected chi connectivity index (χ2v) is 5.58. The molecule has 15 heavy (non-hydrogen) atoms. The third kappa shape index (κ3) is 3.22. The number of allylic oxidation sites excluding steroid dienone is 4. The smallest absolute Gasteiger partial charge is 0.00446 e. The molecule has 0 saturated heterocycles. The van der Waals surface area contributed by atoms with Crippen LogP contribution in [0.1, 0.15) is 48.0 Å². The monoisotopic (exact) mass is 205 g/mol. The molecule has 85 valence electrons. The summed E-state index contributed by atoms with van der Waals surface area (Å²) in [4.78, 5) is 0. The van der Waals surface area contributed by atoms with Gasteiger partial charge in [0.15, 0.2) is 0 Å². The first-order chi connectivity index (χ1) is 6.91. The van der Waals surface area contributed by atoms with E-state index in [0.29, 0.717) is 17.8 Å². The first-order valence-electron chi connectivity index (χ1n) is 6.19. The zero-order valence-corrected chi connectivity index (χ0v) is 11.1. The third-order valence-corrected chi connectivity index (χ3v) is 3.26. The van der Waals surface area contributed by atoms with Gasteiger partial charge in [-0.05, 0) is 29.7 Å². The van der Waals surface area contributed by atoms with Gasteiger partial charge >= 0.3 is 0 Å². The zero-order chi connectivity index (χ0) is 11.6. The predicted octanol–water partition coefficient (Wildman–Crippen LogP) is 4.79. The summed E-state index contributed by atoms with van der Waals surface area (Å²) in [5.41, 5.74) is 3.11. The van der Waals surface area contributed by atoms with Crippen LogP contribution in [0.15, 0.2) is 23.3 Å². The van der Waals surface area contributed by atoms with E-state index in [1.54, 1.807) is 11.5 Å². The summed E-state index contributed by atoms with van der Waals surface area (Å²) in [6.07, 6.45) is 6.02. The number of rotatable bonds is 3. The highest BCUT2D eigenvalue weighted by atomic mass is 14.3. The maximum atomic E-state index is 2.42. The van der Waals surface area contributed by atoms with Crippen LogP contribution in [0, 0.1) is 23.7 Å². The van der Waals surface area contributed by atoms with Gasteiger partial charge in [0, 0.05) is 5.92 Å². The molecule has 0 aromatic rings. The number of hydrogen-bond acceptors (Lipinski definition) is 0. The first kappa shape index (κ1) is 12.5. The lowest BCUT2D eigenvalue weighted by atomic mass is 9.78. The van der Waals surface area contributed by atoms with Crippen LogP contribution in [0.2, 0.25) is 0 Å². The Morgan fingerprint density at radius 1 is 0.800 bits per heavy atom. The molecule has 0 N–H and O–H groups in total. The van der Waals surface area contributed by atoms with Crippen molar-refractivity contribution in [3.8, 4) is 0 Å². The molecule has 0 spiro atoms. The molecule has 0 atom stereocenters. The first-order valence-corrected chi connectivity index (χ1v) is 6.19. The van der Waals surface area contributed by atoms with E-state index in [9.17, 15) is 0 Å². The Morgan fingerprint density at radius 2 is 1.40 bits per heavy atom. The summed E-state index contributed by atoms with van der Waals surface area (Å²) >= 11 is 0. The van der Waals surface area contributed by atoms with E-state index >= 15 is 0 Å². The lowest BCUT2D eigenvalue weighted by Crippen LogP contribution is -2.13. The maximum Gasteiger partial charge on any atom is 0.00446 e. The molecule has 0 amide bonds. The van der Waals surface area contributed by atoms with Crippen molar-refractivity contribution in [1.29, 1.82) is 0 Å². The highest BCUT2D eigenvalue weighted by molar-refractivity contribution is 5.39. The van der Waals surface area contributed by atoms with Crippen LogP contribution in [0.4, 0.5) is 0 Å².